The van der Waals surface area contributed by atoms with E-state index in [1.807, 2.05) is 24.3 Å². The zero-order valence-corrected chi connectivity index (χ0v) is 5.13. The minimum Gasteiger partial charge on any atom is -0.319 e. The van der Waals surface area contributed by atoms with Gasteiger partial charge in [0.25, 0.3) is 0 Å². The Labute approximate surface area is 58.5 Å². The molecule has 1 aromatic carbocycles. The SMILES string of the molecule is [C]1NOOc2ccccc21. The van der Waals surface area contributed by atoms with Crippen molar-refractivity contribution in [3.05, 3.63) is 36.4 Å². The number of nitrogens with one attached hydrogen (secondary N) is 1. The summed E-state index contributed by atoms with van der Waals surface area (Å²) in [6.45, 7) is 2.77. The summed E-state index contributed by atoms with van der Waals surface area (Å²) in [7, 11) is 0. The smallest absolute Gasteiger partial charge is 0.172 e. The van der Waals surface area contributed by atoms with E-state index in [9.17, 15) is 0 Å². The summed E-state index contributed by atoms with van der Waals surface area (Å²) in [6, 6.07) is 7.46. The van der Waals surface area contributed by atoms with Crippen molar-refractivity contribution in [2.45, 2.75) is 0 Å². The molecule has 10 heavy (non-hydrogen) atoms. The second-order valence-electron chi connectivity index (χ2n) is 1.89. The number of rotatable bonds is 0. The fourth-order valence-electron chi connectivity index (χ4n) is 0.784. The molecule has 0 aromatic heterocycles. The van der Waals surface area contributed by atoms with Gasteiger partial charge in [-0.3, -0.25) is 0 Å². The summed E-state index contributed by atoms with van der Waals surface area (Å²) in [4.78, 5) is 9.18. The van der Waals surface area contributed by atoms with Crippen molar-refractivity contribution in [3.63, 3.8) is 0 Å². The van der Waals surface area contributed by atoms with Crippen LogP contribution in [0.4, 0.5) is 0 Å². The Bertz CT molecular complexity index is 212. The Morgan fingerprint density at radius 2 is 2.20 bits per heavy atom. The minimum absolute atomic E-state index is 0.682. The molecule has 1 heterocycles. The van der Waals surface area contributed by atoms with Crippen LogP contribution in [0, 0.1) is 6.54 Å². The van der Waals surface area contributed by atoms with Crippen molar-refractivity contribution in [1.29, 1.82) is 0 Å². The number of para-hydroxylation sites is 1. The molecule has 0 atom stereocenters. The molecule has 0 fully saturated rings. The molecule has 1 aliphatic heterocycles. The minimum atomic E-state index is 0.682. The van der Waals surface area contributed by atoms with E-state index < -0.39 is 0 Å². The van der Waals surface area contributed by atoms with Crippen LogP contribution < -0.4 is 10.4 Å². The molecule has 1 N–H and O–H groups in total. The van der Waals surface area contributed by atoms with Gasteiger partial charge in [0, 0.05) is 5.56 Å². The fraction of sp³-hybridized carbons (Fsp3) is 0. The summed E-state index contributed by atoms with van der Waals surface area (Å²) in [6.07, 6.45) is 0. The van der Waals surface area contributed by atoms with Crippen LogP contribution in [0.1, 0.15) is 5.56 Å². The molecule has 0 saturated heterocycles. The molecule has 2 rings (SSSR count). The molecule has 1 aliphatic rings. The molecule has 3 heteroatoms. The maximum Gasteiger partial charge on any atom is 0.172 e. The monoisotopic (exact) mass is 135 g/mol. The molecule has 0 unspecified atom stereocenters. The molecule has 2 radical (unpaired) electrons. The lowest BCUT2D eigenvalue weighted by Gasteiger charge is -2.13. The van der Waals surface area contributed by atoms with Crippen LogP contribution in [0.15, 0.2) is 24.3 Å². The Hall–Kier alpha value is -1.06. The van der Waals surface area contributed by atoms with Crippen molar-refractivity contribution in [1.82, 2.24) is 5.48 Å². The van der Waals surface area contributed by atoms with E-state index in [2.05, 4.69) is 17.0 Å². The van der Waals surface area contributed by atoms with E-state index in [-0.39, 0.29) is 0 Å². The van der Waals surface area contributed by atoms with Crippen LogP contribution in [-0.4, -0.2) is 0 Å². The third kappa shape index (κ3) is 0.853. The van der Waals surface area contributed by atoms with Crippen LogP contribution in [0.2, 0.25) is 0 Å². The van der Waals surface area contributed by atoms with Crippen LogP contribution in [-0.2, 0) is 4.99 Å². The zero-order chi connectivity index (χ0) is 6.81. The average Bonchev–Trinajstić information content (AvgIpc) is 2.05. The maximum atomic E-state index is 4.75. The summed E-state index contributed by atoms with van der Waals surface area (Å²) < 4.78 is 0. The lowest BCUT2D eigenvalue weighted by Crippen LogP contribution is -2.20. The molecule has 1 aromatic rings. The summed E-state index contributed by atoms with van der Waals surface area (Å²) >= 11 is 0. The number of hydroxylamine groups is 1. The second-order valence-corrected chi connectivity index (χ2v) is 1.89. The molecular weight excluding hydrogens is 130 g/mol. The lowest BCUT2D eigenvalue weighted by molar-refractivity contribution is -0.257. The first kappa shape index (κ1) is 5.70. The van der Waals surface area contributed by atoms with Gasteiger partial charge in [0.05, 0.1) is 0 Å². The predicted octanol–water partition coefficient (Wildman–Crippen LogP) is 0.902. The molecule has 0 amide bonds. The van der Waals surface area contributed by atoms with Crippen LogP contribution in [0.25, 0.3) is 0 Å². The van der Waals surface area contributed by atoms with Gasteiger partial charge in [-0.15, -0.1) is 5.48 Å². The topological polar surface area (TPSA) is 30.5 Å². The highest BCUT2D eigenvalue weighted by molar-refractivity contribution is 5.37. The van der Waals surface area contributed by atoms with Crippen LogP contribution in [0.3, 0.4) is 0 Å². The van der Waals surface area contributed by atoms with E-state index in [0.717, 1.165) is 5.56 Å². The van der Waals surface area contributed by atoms with Gasteiger partial charge < -0.3 is 4.89 Å². The van der Waals surface area contributed by atoms with E-state index >= 15 is 0 Å². The summed E-state index contributed by atoms with van der Waals surface area (Å²) in [5, 5.41) is 0. The van der Waals surface area contributed by atoms with E-state index in [0.29, 0.717) is 5.75 Å². The van der Waals surface area contributed by atoms with Crippen molar-refractivity contribution < 1.29 is 9.88 Å². The Morgan fingerprint density at radius 3 is 3.10 bits per heavy atom. The van der Waals surface area contributed by atoms with E-state index in [4.69, 9.17) is 4.89 Å². The lowest BCUT2D eigenvalue weighted by atomic mass is 10.2. The third-order valence-electron chi connectivity index (χ3n) is 1.25. The van der Waals surface area contributed by atoms with E-state index in [1.165, 1.54) is 0 Å². The van der Waals surface area contributed by atoms with Gasteiger partial charge in [0.15, 0.2) is 5.75 Å². The Kier molecular flexibility index (Phi) is 1.30. The zero-order valence-electron chi connectivity index (χ0n) is 5.13. The van der Waals surface area contributed by atoms with Gasteiger partial charge in [-0.25, -0.2) is 0 Å². The fourth-order valence-corrected chi connectivity index (χ4v) is 0.784. The van der Waals surface area contributed by atoms with Gasteiger partial charge in [-0.1, -0.05) is 23.2 Å². The molecule has 0 spiro atoms. The quantitative estimate of drug-likeness (QED) is 0.536. The normalized spacial score (nSPS) is 15.6. The van der Waals surface area contributed by atoms with Crippen LogP contribution >= 0.6 is 0 Å². The Morgan fingerprint density at radius 1 is 1.30 bits per heavy atom. The Balaban J connectivity index is 2.41. The van der Waals surface area contributed by atoms with Gasteiger partial charge in [-0.2, -0.15) is 0 Å². The highest BCUT2D eigenvalue weighted by Gasteiger charge is 2.09. The van der Waals surface area contributed by atoms with Crippen molar-refractivity contribution in [2.24, 2.45) is 0 Å². The molecular formula is C7H5NO2. The third-order valence-corrected chi connectivity index (χ3v) is 1.25. The first-order chi connectivity index (χ1) is 4.97. The van der Waals surface area contributed by atoms with Gasteiger partial charge in [-0.05, 0) is 6.07 Å². The molecule has 50 valence electrons. The number of benzene rings is 1. The number of fused-ring (bicyclic) bond motifs is 1. The summed E-state index contributed by atoms with van der Waals surface area (Å²) in [5.74, 6) is 0.682. The number of hydrogen-bond acceptors (Lipinski definition) is 3. The summed E-state index contributed by atoms with van der Waals surface area (Å²) in [5.41, 5.74) is 3.24. The first-order valence-corrected chi connectivity index (χ1v) is 2.90. The molecule has 0 bridgehead atoms. The standard InChI is InChI=1S/C7H5NO2/c1-2-4-7-6(3-1)5-8-10-9-7/h1-4,8H. The van der Waals surface area contributed by atoms with Crippen molar-refractivity contribution in [3.8, 4) is 5.75 Å². The van der Waals surface area contributed by atoms with Crippen molar-refractivity contribution in [2.75, 3.05) is 0 Å². The first-order valence-electron chi connectivity index (χ1n) is 2.90. The maximum absolute atomic E-state index is 4.75. The molecule has 3 nitrogen and oxygen atoms in total. The largest absolute Gasteiger partial charge is 0.319 e. The molecule has 0 aliphatic carbocycles. The van der Waals surface area contributed by atoms with Gasteiger partial charge in [0.2, 0.25) is 0 Å². The van der Waals surface area contributed by atoms with Crippen molar-refractivity contribution >= 4 is 0 Å². The van der Waals surface area contributed by atoms with Gasteiger partial charge >= 0.3 is 0 Å². The molecule has 0 saturated carbocycles. The predicted molar refractivity (Wildman–Crippen MR) is 33.6 cm³/mol. The van der Waals surface area contributed by atoms with E-state index in [1.54, 1.807) is 0 Å². The van der Waals surface area contributed by atoms with Gasteiger partial charge in [0.1, 0.15) is 6.54 Å². The second kappa shape index (κ2) is 2.28. The van der Waals surface area contributed by atoms with Crippen LogP contribution in [0.5, 0.6) is 5.75 Å². The number of hydrogen-bond donors (Lipinski definition) is 1. The highest BCUT2D eigenvalue weighted by Crippen LogP contribution is 2.20. The highest BCUT2D eigenvalue weighted by atomic mass is 17.3. The average molecular weight is 135 g/mol.